The molecule has 0 bridgehead atoms. The average Bonchev–Trinajstić information content (AvgIpc) is 2.65. The molecule has 134 valence electrons. The molecular weight excluding hydrogens is 366 g/mol. The topological polar surface area (TPSA) is 67.0 Å². The van der Waals surface area contributed by atoms with E-state index in [0.29, 0.717) is 29.0 Å². The monoisotopic (exact) mass is 385 g/mol. The number of ether oxygens (including phenoxy) is 1. The molecule has 26 heavy (non-hydrogen) atoms. The molecule has 0 aliphatic rings. The highest BCUT2D eigenvalue weighted by atomic mass is 32.2. The predicted octanol–water partition coefficient (Wildman–Crippen LogP) is 3.55. The first-order valence-electron chi connectivity index (χ1n) is 8.08. The summed E-state index contributed by atoms with van der Waals surface area (Å²) in [5.41, 5.74) is 2.76. The second-order valence-electron chi connectivity index (χ2n) is 5.78. The average molecular weight is 386 g/mol. The number of aryl methyl sites for hydroxylation is 1. The smallest absolute Gasteiger partial charge is 0.258 e. The van der Waals surface area contributed by atoms with Crippen molar-refractivity contribution in [2.24, 2.45) is 0 Å². The van der Waals surface area contributed by atoms with Crippen LogP contribution in [0.4, 0.5) is 0 Å². The van der Waals surface area contributed by atoms with Crippen molar-refractivity contribution in [3.05, 3.63) is 69.8 Å². The fourth-order valence-electron chi connectivity index (χ4n) is 2.51. The number of methoxy groups -OCH3 is 1. The van der Waals surface area contributed by atoms with E-state index in [0.717, 1.165) is 21.2 Å². The van der Waals surface area contributed by atoms with E-state index in [1.165, 1.54) is 11.8 Å². The molecule has 0 atom stereocenters. The van der Waals surface area contributed by atoms with E-state index < -0.39 is 0 Å². The van der Waals surface area contributed by atoms with Gasteiger partial charge in [0.15, 0.2) is 0 Å². The molecule has 7 heteroatoms. The van der Waals surface area contributed by atoms with Crippen molar-refractivity contribution in [3.63, 3.8) is 0 Å². The highest BCUT2D eigenvalue weighted by molar-refractivity contribution is 8.22. The zero-order valence-corrected chi connectivity index (χ0v) is 16.2. The molecule has 1 aromatic heterocycles. The minimum absolute atomic E-state index is 0.112. The number of benzene rings is 2. The van der Waals surface area contributed by atoms with Crippen molar-refractivity contribution in [1.82, 2.24) is 15.3 Å². The van der Waals surface area contributed by atoms with Crippen LogP contribution in [0.15, 0.2) is 47.3 Å². The maximum atomic E-state index is 12.0. The number of thiocarbonyl (C=S) groups is 1. The van der Waals surface area contributed by atoms with Crippen LogP contribution in [0.3, 0.4) is 0 Å². The molecule has 0 fully saturated rings. The summed E-state index contributed by atoms with van der Waals surface area (Å²) in [5, 5.41) is 3.84. The molecule has 0 saturated carbocycles. The Morgan fingerprint density at radius 1 is 1.23 bits per heavy atom. The Balaban J connectivity index is 1.57. The second kappa shape index (κ2) is 8.33. The Labute approximate surface area is 161 Å². The highest BCUT2D eigenvalue weighted by Crippen LogP contribution is 2.17. The lowest BCUT2D eigenvalue weighted by Gasteiger charge is -2.09. The Bertz CT molecular complexity index is 984. The van der Waals surface area contributed by atoms with E-state index in [9.17, 15) is 4.79 Å². The largest absolute Gasteiger partial charge is 0.497 e. The summed E-state index contributed by atoms with van der Waals surface area (Å²) in [6.07, 6.45) is 0. The van der Waals surface area contributed by atoms with Crippen LogP contribution in [0.2, 0.25) is 0 Å². The molecule has 0 unspecified atom stereocenters. The van der Waals surface area contributed by atoms with Gasteiger partial charge in [-0.1, -0.05) is 42.2 Å². The van der Waals surface area contributed by atoms with E-state index >= 15 is 0 Å². The van der Waals surface area contributed by atoms with Gasteiger partial charge >= 0.3 is 0 Å². The van der Waals surface area contributed by atoms with Crippen molar-refractivity contribution in [1.29, 1.82) is 0 Å². The molecule has 0 amide bonds. The third-order valence-electron chi connectivity index (χ3n) is 3.85. The Hall–Kier alpha value is -2.38. The van der Waals surface area contributed by atoms with Gasteiger partial charge in [0.2, 0.25) is 0 Å². The SMILES string of the molecule is COc1ccc(CNC(=S)SCc2ccc3nc(C)[nH]c(=O)c3c2)cc1. The van der Waals surface area contributed by atoms with Crippen LogP contribution in [0, 0.1) is 6.92 Å². The van der Waals surface area contributed by atoms with Gasteiger partial charge in [-0.3, -0.25) is 4.79 Å². The van der Waals surface area contributed by atoms with Crippen LogP contribution < -0.4 is 15.6 Å². The summed E-state index contributed by atoms with van der Waals surface area (Å²) in [6, 6.07) is 13.6. The third-order valence-corrected chi connectivity index (χ3v) is 5.24. The van der Waals surface area contributed by atoms with Crippen LogP contribution in [0.5, 0.6) is 5.75 Å². The maximum absolute atomic E-state index is 12.0. The van der Waals surface area contributed by atoms with Crippen LogP contribution in [0.25, 0.3) is 10.9 Å². The summed E-state index contributed by atoms with van der Waals surface area (Å²) in [4.78, 5) is 19.1. The highest BCUT2D eigenvalue weighted by Gasteiger charge is 2.05. The molecule has 0 saturated heterocycles. The first kappa shape index (κ1) is 18.4. The standard InChI is InChI=1S/C19H19N3O2S2/c1-12-21-17-8-5-14(9-16(17)18(23)22-12)11-26-19(25)20-10-13-3-6-15(24-2)7-4-13/h3-9H,10-11H2,1-2H3,(H,20,25)(H,21,22,23). The fourth-order valence-corrected chi connectivity index (χ4v) is 3.41. The van der Waals surface area contributed by atoms with E-state index in [1.54, 1.807) is 14.0 Å². The van der Waals surface area contributed by atoms with Crippen molar-refractivity contribution < 1.29 is 4.74 Å². The molecule has 0 aliphatic carbocycles. The van der Waals surface area contributed by atoms with Crippen LogP contribution in [-0.2, 0) is 12.3 Å². The minimum Gasteiger partial charge on any atom is -0.497 e. The van der Waals surface area contributed by atoms with Gasteiger partial charge in [0, 0.05) is 12.3 Å². The number of thioether (sulfide) groups is 1. The summed E-state index contributed by atoms with van der Waals surface area (Å²) >= 11 is 6.92. The van der Waals surface area contributed by atoms with Gasteiger partial charge in [-0.25, -0.2) is 4.98 Å². The summed E-state index contributed by atoms with van der Waals surface area (Å²) in [7, 11) is 1.65. The lowest BCUT2D eigenvalue weighted by atomic mass is 10.2. The third kappa shape index (κ3) is 4.62. The fraction of sp³-hybridized carbons (Fsp3) is 0.211. The van der Waals surface area contributed by atoms with Gasteiger partial charge in [-0.15, -0.1) is 0 Å². The van der Waals surface area contributed by atoms with Crippen molar-refractivity contribution in [2.45, 2.75) is 19.2 Å². The van der Waals surface area contributed by atoms with Crippen molar-refractivity contribution in [2.75, 3.05) is 7.11 Å². The molecule has 3 rings (SSSR count). The Morgan fingerprint density at radius 2 is 1.96 bits per heavy atom. The summed E-state index contributed by atoms with van der Waals surface area (Å²) in [5.74, 6) is 2.15. The molecule has 2 aromatic carbocycles. The number of H-pyrrole nitrogens is 1. The minimum atomic E-state index is -0.112. The number of hydrogen-bond acceptors (Lipinski definition) is 5. The number of aromatic nitrogens is 2. The van der Waals surface area contributed by atoms with E-state index in [1.807, 2.05) is 42.5 Å². The molecule has 5 nitrogen and oxygen atoms in total. The van der Waals surface area contributed by atoms with Crippen LogP contribution in [-0.4, -0.2) is 21.4 Å². The molecule has 0 aliphatic heterocycles. The number of fused-ring (bicyclic) bond motifs is 1. The maximum Gasteiger partial charge on any atom is 0.258 e. The lowest BCUT2D eigenvalue weighted by Crippen LogP contribution is -2.17. The molecule has 1 heterocycles. The first-order valence-corrected chi connectivity index (χ1v) is 9.47. The number of rotatable bonds is 5. The Kier molecular flexibility index (Phi) is 5.90. The molecule has 0 radical (unpaired) electrons. The quantitative estimate of drug-likeness (QED) is 0.655. The molecular formula is C19H19N3O2S2. The van der Waals surface area contributed by atoms with E-state index in [2.05, 4.69) is 15.3 Å². The van der Waals surface area contributed by atoms with Gasteiger partial charge in [0.1, 0.15) is 15.9 Å². The summed E-state index contributed by atoms with van der Waals surface area (Å²) in [6.45, 7) is 2.44. The van der Waals surface area contributed by atoms with Gasteiger partial charge in [-0.2, -0.15) is 0 Å². The number of hydrogen-bond donors (Lipinski definition) is 2. The zero-order valence-electron chi connectivity index (χ0n) is 14.5. The lowest BCUT2D eigenvalue weighted by molar-refractivity contribution is 0.414. The van der Waals surface area contributed by atoms with Gasteiger partial charge in [0.25, 0.3) is 5.56 Å². The van der Waals surface area contributed by atoms with E-state index in [-0.39, 0.29) is 5.56 Å². The Morgan fingerprint density at radius 3 is 2.69 bits per heavy atom. The van der Waals surface area contributed by atoms with Crippen LogP contribution in [0.1, 0.15) is 17.0 Å². The van der Waals surface area contributed by atoms with E-state index in [4.69, 9.17) is 17.0 Å². The van der Waals surface area contributed by atoms with Gasteiger partial charge in [-0.05, 0) is 42.3 Å². The van der Waals surface area contributed by atoms with Gasteiger partial charge < -0.3 is 15.0 Å². The van der Waals surface area contributed by atoms with Crippen molar-refractivity contribution >= 4 is 39.2 Å². The molecule has 3 aromatic rings. The number of nitrogens with one attached hydrogen (secondary N) is 2. The summed E-state index contributed by atoms with van der Waals surface area (Å²) < 4.78 is 5.87. The van der Waals surface area contributed by atoms with Crippen molar-refractivity contribution in [3.8, 4) is 5.75 Å². The zero-order chi connectivity index (χ0) is 18.5. The second-order valence-corrected chi connectivity index (χ2v) is 7.43. The normalized spacial score (nSPS) is 10.7. The molecule has 0 spiro atoms. The number of aromatic amines is 1. The first-order chi connectivity index (χ1) is 12.5. The van der Waals surface area contributed by atoms with Gasteiger partial charge in [0.05, 0.1) is 18.0 Å². The predicted molar refractivity (Wildman–Crippen MR) is 111 cm³/mol. The van der Waals surface area contributed by atoms with Crippen LogP contribution >= 0.6 is 24.0 Å². The molecule has 2 N–H and O–H groups in total. The number of nitrogens with zero attached hydrogens (tertiary/aromatic N) is 1.